The molecule has 4 N–H and O–H groups in total. The zero-order valence-corrected chi connectivity index (χ0v) is 15.5. The number of pyridine rings is 1. The Morgan fingerprint density at radius 3 is 2.65 bits per heavy atom. The SMILES string of the molecule is COc1ccc(Cl)cc1NC(=O)[C@@H](C)Sc1[nH+]c(N)c(C#N)cc1C#N. The Labute approximate surface area is 159 Å². The van der Waals surface area contributed by atoms with Gasteiger partial charge in [-0.25, -0.2) is 4.98 Å². The van der Waals surface area contributed by atoms with E-state index in [2.05, 4.69) is 10.3 Å². The molecular formula is C17H15ClN5O2S+. The number of hydrogen-bond donors (Lipinski definition) is 2. The van der Waals surface area contributed by atoms with Crippen molar-refractivity contribution in [3.63, 3.8) is 0 Å². The maximum Gasteiger partial charge on any atom is 0.289 e. The molecule has 0 aliphatic heterocycles. The Bertz CT molecular complexity index is 936. The number of rotatable bonds is 5. The third-order valence-electron chi connectivity index (χ3n) is 3.40. The van der Waals surface area contributed by atoms with Crippen molar-refractivity contribution < 1.29 is 14.5 Å². The van der Waals surface area contributed by atoms with E-state index in [1.165, 1.54) is 13.2 Å². The van der Waals surface area contributed by atoms with Gasteiger partial charge < -0.3 is 10.1 Å². The summed E-state index contributed by atoms with van der Waals surface area (Å²) in [5, 5.41) is 21.3. The lowest BCUT2D eigenvalue weighted by Gasteiger charge is -2.14. The fourth-order valence-corrected chi connectivity index (χ4v) is 3.15. The highest BCUT2D eigenvalue weighted by atomic mass is 35.5. The van der Waals surface area contributed by atoms with Crippen LogP contribution < -0.4 is 20.8 Å². The second kappa shape index (κ2) is 8.43. The van der Waals surface area contributed by atoms with E-state index in [1.807, 2.05) is 12.1 Å². The molecule has 0 aliphatic rings. The van der Waals surface area contributed by atoms with Gasteiger partial charge in [-0.15, -0.1) is 0 Å². The van der Waals surface area contributed by atoms with Gasteiger partial charge in [-0.05, 0) is 31.2 Å². The second-order valence-corrected chi connectivity index (χ2v) is 6.94. The first kappa shape index (κ1) is 19.4. The van der Waals surface area contributed by atoms with Crippen molar-refractivity contribution in [2.45, 2.75) is 17.2 Å². The molecule has 0 saturated heterocycles. The Balaban J connectivity index is 2.21. The van der Waals surface area contributed by atoms with Gasteiger partial charge >= 0.3 is 0 Å². The molecule has 7 nitrogen and oxygen atoms in total. The van der Waals surface area contributed by atoms with E-state index >= 15 is 0 Å². The first-order chi connectivity index (χ1) is 12.4. The van der Waals surface area contributed by atoms with Crippen LogP contribution in [0.5, 0.6) is 5.75 Å². The third kappa shape index (κ3) is 4.37. The number of H-pyrrole nitrogens is 1. The van der Waals surface area contributed by atoms with Gasteiger partial charge in [0.2, 0.25) is 5.91 Å². The average molecular weight is 389 g/mol. The van der Waals surface area contributed by atoms with Crippen LogP contribution in [0.1, 0.15) is 18.1 Å². The number of methoxy groups -OCH3 is 1. The summed E-state index contributed by atoms with van der Waals surface area (Å²) in [6.45, 7) is 1.68. The van der Waals surface area contributed by atoms with Crippen LogP contribution in [-0.4, -0.2) is 18.3 Å². The lowest BCUT2D eigenvalue weighted by atomic mass is 10.2. The van der Waals surface area contributed by atoms with Crippen LogP contribution in [0.2, 0.25) is 5.02 Å². The molecule has 0 unspecified atom stereocenters. The molecule has 0 aliphatic carbocycles. The van der Waals surface area contributed by atoms with Crippen LogP contribution in [0, 0.1) is 22.7 Å². The van der Waals surface area contributed by atoms with Gasteiger partial charge in [-0.2, -0.15) is 10.5 Å². The lowest BCUT2D eigenvalue weighted by molar-refractivity contribution is -0.410. The number of ether oxygens (including phenoxy) is 1. The van der Waals surface area contributed by atoms with Crippen molar-refractivity contribution in [1.82, 2.24) is 0 Å². The summed E-state index contributed by atoms with van der Waals surface area (Å²) in [5.74, 6) is 0.306. The van der Waals surface area contributed by atoms with Crippen LogP contribution in [0.25, 0.3) is 0 Å². The fourth-order valence-electron chi connectivity index (χ4n) is 2.06. The summed E-state index contributed by atoms with van der Waals surface area (Å²) in [5.41, 5.74) is 6.61. The molecule has 0 saturated carbocycles. The normalized spacial score (nSPS) is 11.1. The summed E-state index contributed by atoms with van der Waals surface area (Å²) in [6, 6.07) is 10.2. The number of halogens is 1. The van der Waals surface area contributed by atoms with Gasteiger partial charge in [0.15, 0.2) is 5.03 Å². The zero-order chi connectivity index (χ0) is 19.3. The number of nitrogens with one attached hydrogen (secondary N) is 2. The molecular weight excluding hydrogens is 374 g/mol. The summed E-state index contributed by atoms with van der Waals surface area (Å²) in [4.78, 5) is 15.3. The van der Waals surface area contributed by atoms with E-state index < -0.39 is 5.25 Å². The van der Waals surface area contributed by atoms with E-state index in [0.717, 1.165) is 11.8 Å². The van der Waals surface area contributed by atoms with Gasteiger partial charge in [0.1, 0.15) is 29.0 Å². The number of nitriles is 2. The average Bonchev–Trinajstić information content (AvgIpc) is 2.62. The number of aromatic nitrogens is 1. The van der Waals surface area contributed by atoms with Crippen molar-refractivity contribution in [3.05, 3.63) is 40.4 Å². The summed E-state index contributed by atoms with van der Waals surface area (Å²) in [6.07, 6.45) is 0. The summed E-state index contributed by atoms with van der Waals surface area (Å²) < 4.78 is 5.20. The predicted molar refractivity (Wildman–Crippen MR) is 98.8 cm³/mol. The van der Waals surface area contributed by atoms with Crippen molar-refractivity contribution in [3.8, 4) is 17.9 Å². The van der Waals surface area contributed by atoms with Crippen LogP contribution >= 0.6 is 23.4 Å². The molecule has 0 radical (unpaired) electrons. The van der Waals surface area contributed by atoms with Crippen LogP contribution in [0.4, 0.5) is 11.5 Å². The minimum Gasteiger partial charge on any atom is -0.495 e. The highest BCUT2D eigenvalue weighted by molar-refractivity contribution is 8.00. The maximum absolute atomic E-state index is 12.5. The minimum absolute atomic E-state index is 0.137. The van der Waals surface area contributed by atoms with Crippen LogP contribution in [0.3, 0.4) is 0 Å². The minimum atomic E-state index is -0.561. The van der Waals surface area contributed by atoms with E-state index in [0.29, 0.717) is 21.5 Å². The third-order valence-corrected chi connectivity index (χ3v) is 4.76. The molecule has 0 bridgehead atoms. The van der Waals surface area contributed by atoms with E-state index in [-0.39, 0.29) is 22.9 Å². The topological polar surface area (TPSA) is 126 Å². The summed E-state index contributed by atoms with van der Waals surface area (Å²) in [7, 11) is 1.49. The van der Waals surface area contributed by atoms with Crippen LogP contribution in [0.15, 0.2) is 29.3 Å². The van der Waals surface area contributed by atoms with Gasteiger partial charge in [-0.1, -0.05) is 23.4 Å². The number of carbonyl (C=O) groups is 1. The number of nitrogen functional groups attached to an aromatic ring is 1. The highest BCUT2D eigenvalue weighted by Crippen LogP contribution is 2.30. The molecule has 0 fully saturated rings. The monoisotopic (exact) mass is 388 g/mol. The quantitative estimate of drug-likeness (QED) is 0.758. The number of benzene rings is 1. The highest BCUT2D eigenvalue weighted by Gasteiger charge is 2.22. The van der Waals surface area contributed by atoms with Crippen molar-refractivity contribution >= 4 is 40.8 Å². The Hall–Kier alpha value is -2.94. The zero-order valence-electron chi connectivity index (χ0n) is 14.0. The van der Waals surface area contributed by atoms with Gasteiger partial charge in [0.05, 0.1) is 18.0 Å². The second-order valence-electron chi connectivity index (χ2n) is 5.16. The van der Waals surface area contributed by atoms with Gasteiger partial charge in [-0.3, -0.25) is 10.5 Å². The molecule has 2 aromatic rings. The lowest BCUT2D eigenvalue weighted by Crippen LogP contribution is -2.25. The smallest absolute Gasteiger partial charge is 0.289 e. The van der Waals surface area contributed by atoms with Gasteiger partial charge in [0, 0.05) is 5.02 Å². The number of thioether (sulfide) groups is 1. The molecule has 1 aromatic carbocycles. The molecule has 1 aromatic heterocycles. The molecule has 1 heterocycles. The van der Waals surface area contributed by atoms with Crippen molar-refractivity contribution in [2.24, 2.45) is 0 Å². The first-order valence-electron chi connectivity index (χ1n) is 7.36. The Morgan fingerprint density at radius 2 is 2.04 bits per heavy atom. The summed E-state index contributed by atoms with van der Waals surface area (Å²) >= 11 is 7.08. The number of hydrogen-bond acceptors (Lipinski definition) is 6. The number of nitrogens with zero attached hydrogens (tertiary/aromatic N) is 2. The largest absolute Gasteiger partial charge is 0.495 e. The molecule has 132 valence electrons. The fraction of sp³-hybridized carbons (Fsp3) is 0.176. The van der Waals surface area contributed by atoms with E-state index in [9.17, 15) is 10.1 Å². The molecule has 9 heteroatoms. The van der Waals surface area contributed by atoms with Crippen molar-refractivity contribution in [1.29, 1.82) is 10.5 Å². The first-order valence-corrected chi connectivity index (χ1v) is 8.62. The number of anilines is 2. The number of aromatic amines is 1. The maximum atomic E-state index is 12.5. The van der Waals surface area contributed by atoms with Crippen molar-refractivity contribution in [2.75, 3.05) is 18.2 Å². The number of carbonyl (C=O) groups excluding carboxylic acids is 1. The van der Waals surface area contributed by atoms with Gasteiger partial charge in [0.25, 0.3) is 5.82 Å². The molecule has 0 spiro atoms. The Kier molecular flexibility index (Phi) is 6.29. The number of amides is 1. The Morgan fingerprint density at radius 1 is 1.35 bits per heavy atom. The molecule has 1 amide bonds. The van der Waals surface area contributed by atoms with E-state index in [1.54, 1.807) is 25.1 Å². The van der Waals surface area contributed by atoms with Crippen LogP contribution in [-0.2, 0) is 4.79 Å². The molecule has 2 rings (SSSR count). The van der Waals surface area contributed by atoms with E-state index in [4.69, 9.17) is 27.3 Å². The predicted octanol–water partition coefficient (Wildman–Crippen LogP) is 2.61. The molecule has 26 heavy (non-hydrogen) atoms. The molecule has 1 atom stereocenters. The standard InChI is InChI=1S/C17H14ClN5O2S/c1-9(16(24)22-13-6-12(18)3-4-14(13)25-2)26-17-11(8-20)5-10(7-19)15(21)23-17/h3-6,9H,1-2H3,(H2,21,23)(H,22,24)/p+1/t9-/m1/s1. The number of nitrogens with two attached hydrogens (primary N) is 1.